The molecule has 0 aliphatic rings. The van der Waals surface area contributed by atoms with E-state index in [2.05, 4.69) is 19.9 Å². The van der Waals surface area contributed by atoms with Crippen LogP contribution >= 0.6 is 0 Å². The second-order valence-electron chi connectivity index (χ2n) is 2.77. The third kappa shape index (κ3) is 1.48. The fourth-order valence-electron chi connectivity index (χ4n) is 1.39. The molecule has 0 fully saturated rings. The van der Waals surface area contributed by atoms with E-state index in [0.717, 1.165) is 29.5 Å². The Balaban J connectivity index is 3.25. The lowest BCUT2D eigenvalue weighted by molar-refractivity contribution is 1.07. The largest absolute Gasteiger partial charge is 0.192 e. The van der Waals surface area contributed by atoms with Crippen LogP contribution in [0.2, 0.25) is 0 Å². The zero-order chi connectivity index (χ0) is 8.97. The summed E-state index contributed by atoms with van der Waals surface area (Å²) in [5, 5.41) is 8.91. The zero-order valence-corrected chi connectivity index (χ0v) is 7.59. The van der Waals surface area contributed by atoms with E-state index in [-0.39, 0.29) is 0 Å². The van der Waals surface area contributed by atoms with Crippen LogP contribution < -0.4 is 0 Å². The first-order valence-electron chi connectivity index (χ1n) is 4.34. The van der Waals surface area contributed by atoms with Gasteiger partial charge in [-0.25, -0.2) is 0 Å². The lowest BCUT2D eigenvalue weighted by Gasteiger charge is -2.04. The lowest BCUT2D eigenvalue weighted by Crippen LogP contribution is -1.93. The van der Waals surface area contributed by atoms with E-state index in [4.69, 9.17) is 5.26 Å². The van der Waals surface area contributed by atoms with Gasteiger partial charge in [-0.15, -0.1) is 0 Å². The molecule has 0 aliphatic carbocycles. The first kappa shape index (κ1) is 8.80. The highest BCUT2D eigenvalue weighted by molar-refractivity contribution is 5.44. The summed E-state index contributed by atoms with van der Waals surface area (Å²) in [6.45, 7) is 4.16. The van der Waals surface area contributed by atoms with E-state index in [1.54, 1.807) is 0 Å². The molecule has 0 N–H and O–H groups in total. The number of nitriles is 1. The molecule has 1 rings (SSSR count). The van der Waals surface area contributed by atoms with Crippen molar-refractivity contribution in [1.82, 2.24) is 0 Å². The molecule has 1 heteroatoms. The molecule has 0 amide bonds. The molecule has 0 unspecified atom stereocenters. The molecular weight excluding hydrogens is 146 g/mol. The molecule has 0 atom stereocenters. The van der Waals surface area contributed by atoms with Crippen molar-refractivity contribution in [2.75, 3.05) is 0 Å². The molecule has 0 radical (unpaired) electrons. The van der Waals surface area contributed by atoms with Crippen LogP contribution in [-0.4, -0.2) is 0 Å². The molecular formula is C11H13N. The smallest absolute Gasteiger partial charge is 0.0997 e. The predicted molar refractivity (Wildman–Crippen MR) is 49.9 cm³/mol. The van der Waals surface area contributed by atoms with Gasteiger partial charge in [-0.3, -0.25) is 0 Å². The number of hydrogen-bond donors (Lipinski definition) is 0. The highest BCUT2D eigenvalue weighted by Crippen LogP contribution is 2.14. The van der Waals surface area contributed by atoms with Crippen LogP contribution in [0.25, 0.3) is 0 Å². The quantitative estimate of drug-likeness (QED) is 0.650. The predicted octanol–water partition coefficient (Wildman–Crippen LogP) is 2.68. The first-order valence-corrected chi connectivity index (χ1v) is 4.34. The normalized spacial score (nSPS) is 9.42. The van der Waals surface area contributed by atoms with Crippen molar-refractivity contribution in [3.8, 4) is 6.07 Å². The summed E-state index contributed by atoms with van der Waals surface area (Å²) in [6.07, 6.45) is 1.88. The van der Waals surface area contributed by atoms with E-state index < -0.39 is 0 Å². The summed E-state index contributed by atoms with van der Waals surface area (Å²) >= 11 is 0. The first-order chi connectivity index (χ1) is 5.83. The van der Waals surface area contributed by atoms with Crippen LogP contribution in [0, 0.1) is 11.3 Å². The minimum atomic E-state index is 0.877. The molecule has 1 nitrogen and oxygen atoms in total. The maximum atomic E-state index is 8.91. The highest BCUT2D eigenvalue weighted by atomic mass is 14.3. The van der Waals surface area contributed by atoms with E-state index >= 15 is 0 Å². The maximum absolute atomic E-state index is 8.91. The van der Waals surface area contributed by atoms with E-state index in [1.165, 1.54) is 0 Å². The van der Waals surface area contributed by atoms with Crippen molar-refractivity contribution < 1.29 is 0 Å². The fraction of sp³-hybridized carbons (Fsp3) is 0.364. The summed E-state index contributed by atoms with van der Waals surface area (Å²) < 4.78 is 0. The van der Waals surface area contributed by atoms with Gasteiger partial charge in [0.25, 0.3) is 0 Å². The van der Waals surface area contributed by atoms with E-state index in [0.29, 0.717) is 0 Å². The molecule has 1 aromatic rings. The monoisotopic (exact) mass is 159 g/mol. The van der Waals surface area contributed by atoms with Gasteiger partial charge in [0.15, 0.2) is 0 Å². The zero-order valence-electron chi connectivity index (χ0n) is 7.59. The van der Waals surface area contributed by atoms with E-state index in [9.17, 15) is 0 Å². The Hall–Kier alpha value is -1.29. The van der Waals surface area contributed by atoms with Crippen molar-refractivity contribution in [3.63, 3.8) is 0 Å². The van der Waals surface area contributed by atoms with Crippen LogP contribution in [0.4, 0.5) is 0 Å². The van der Waals surface area contributed by atoms with Crippen molar-refractivity contribution in [3.05, 3.63) is 34.9 Å². The van der Waals surface area contributed by atoms with Gasteiger partial charge in [-0.05, 0) is 24.0 Å². The molecule has 0 bridgehead atoms. The van der Waals surface area contributed by atoms with Crippen LogP contribution in [0.1, 0.15) is 30.5 Å². The van der Waals surface area contributed by atoms with Crippen molar-refractivity contribution in [2.45, 2.75) is 26.7 Å². The Morgan fingerprint density at radius 1 is 1.17 bits per heavy atom. The molecule has 0 spiro atoms. The summed E-state index contributed by atoms with van der Waals surface area (Å²) in [7, 11) is 0. The molecule has 0 aliphatic heterocycles. The number of rotatable bonds is 2. The molecule has 0 heterocycles. The summed E-state index contributed by atoms with van der Waals surface area (Å²) in [6, 6.07) is 8.34. The van der Waals surface area contributed by atoms with E-state index in [1.807, 2.05) is 18.2 Å². The Labute approximate surface area is 73.6 Å². The third-order valence-electron chi connectivity index (χ3n) is 2.11. The lowest BCUT2D eigenvalue weighted by atomic mass is 9.99. The van der Waals surface area contributed by atoms with Crippen molar-refractivity contribution >= 4 is 0 Å². The van der Waals surface area contributed by atoms with Gasteiger partial charge in [0.05, 0.1) is 11.6 Å². The topological polar surface area (TPSA) is 23.8 Å². The van der Waals surface area contributed by atoms with Gasteiger partial charge >= 0.3 is 0 Å². The molecule has 0 aromatic heterocycles. The van der Waals surface area contributed by atoms with Crippen molar-refractivity contribution in [1.29, 1.82) is 5.26 Å². The second kappa shape index (κ2) is 3.92. The Morgan fingerprint density at radius 2 is 1.67 bits per heavy atom. The second-order valence-corrected chi connectivity index (χ2v) is 2.77. The van der Waals surface area contributed by atoms with Gasteiger partial charge in [-0.1, -0.05) is 32.0 Å². The van der Waals surface area contributed by atoms with Gasteiger partial charge in [0.1, 0.15) is 0 Å². The van der Waals surface area contributed by atoms with Gasteiger partial charge in [-0.2, -0.15) is 5.26 Å². The van der Waals surface area contributed by atoms with Crippen LogP contribution in [0.3, 0.4) is 0 Å². The Bertz CT molecular complexity index is 285. The van der Waals surface area contributed by atoms with Gasteiger partial charge < -0.3 is 0 Å². The third-order valence-corrected chi connectivity index (χ3v) is 2.11. The van der Waals surface area contributed by atoms with Crippen LogP contribution in [0.15, 0.2) is 18.2 Å². The SMILES string of the molecule is CCc1cccc(CC)c1C#N. The Morgan fingerprint density at radius 3 is 2.00 bits per heavy atom. The number of nitrogens with zero attached hydrogens (tertiary/aromatic N) is 1. The number of aryl methyl sites for hydroxylation is 2. The van der Waals surface area contributed by atoms with Crippen molar-refractivity contribution in [2.24, 2.45) is 0 Å². The summed E-state index contributed by atoms with van der Waals surface area (Å²) in [4.78, 5) is 0. The molecule has 1 aromatic carbocycles. The van der Waals surface area contributed by atoms with Crippen LogP contribution in [-0.2, 0) is 12.8 Å². The molecule has 62 valence electrons. The van der Waals surface area contributed by atoms with Gasteiger partial charge in [0.2, 0.25) is 0 Å². The maximum Gasteiger partial charge on any atom is 0.0997 e. The minimum absolute atomic E-state index is 0.877. The van der Waals surface area contributed by atoms with Gasteiger partial charge in [0, 0.05) is 0 Å². The molecule has 0 saturated heterocycles. The summed E-state index contributed by atoms with van der Waals surface area (Å²) in [5.41, 5.74) is 3.20. The molecule has 0 saturated carbocycles. The molecule has 12 heavy (non-hydrogen) atoms. The highest BCUT2D eigenvalue weighted by Gasteiger charge is 2.03. The average Bonchev–Trinajstić information content (AvgIpc) is 2.16. The number of benzene rings is 1. The average molecular weight is 159 g/mol. The fourth-order valence-corrected chi connectivity index (χ4v) is 1.39. The minimum Gasteiger partial charge on any atom is -0.192 e. The van der Waals surface area contributed by atoms with Crippen LogP contribution in [0.5, 0.6) is 0 Å². The Kier molecular flexibility index (Phi) is 2.88. The number of hydrogen-bond acceptors (Lipinski definition) is 1. The standard InChI is InChI=1S/C11H13N/c1-3-9-6-5-7-10(4-2)11(9)8-12/h5-7H,3-4H2,1-2H3. The summed E-state index contributed by atoms with van der Waals surface area (Å²) in [5.74, 6) is 0.